The predicted octanol–water partition coefficient (Wildman–Crippen LogP) is 2.36. The molecule has 2 aromatic heterocycles. The lowest BCUT2D eigenvalue weighted by Crippen LogP contribution is -2.09. The van der Waals surface area contributed by atoms with E-state index in [1.807, 2.05) is 44.2 Å². The Bertz CT molecular complexity index is 788. The molecule has 1 N–H and O–H groups in total. The number of nitrogens with zero attached hydrogens (tertiary/aromatic N) is 3. The number of aromatic amines is 1. The zero-order valence-electron chi connectivity index (χ0n) is 12.9. The van der Waals surface area contributed by atoms with Crippen molar-refractivity contribution in [3.05, 3.63) is 53.2 Å². The third kappa shape index (κ3) is 3.45. The molecular weight excluding hydrogens is 296 g/mol. The lowest BCUT2D eigenvalue weighted by Gasteiger charge is -2.02. The van der Waals surface area contributed by atoms with Crippen LogP contribution in [-0.4, -0.2) is 26.3 Å². The highest BCUT2D eigenvalue weighted by molar-refractivity contribution is 5.73. The largest absolute Gasteiger partial charge is 0.455 e. The smallest absolute Gasteiger partial charge is 0.310 e. The van der Waals surface area contributed by atoms with E-state index >= 15 is 0 Å². The number of carbonyl (C=O) groups is 1. The van der Waals surface area contributed by atoms with E-state index in [1.165, 1.54) is 0 Å². The number of ether oxygens (including phenoxy) is 1. The molecule has 0 atom stereocenters. The van der Waals surface area contributed by atoms with E-state index in [0.29, 0.717) is 5.82 Å². The first-order valence-corrected chi connectivity index (χ1v) is 7.17. The van der Waals surface area contributed by atoms with Gasteiger partial charge in [0, 0.05) is 16.8 Å². The molecule has 118 valence electrons. The summed E-state index contributed by atoms with van der Waals surface area (Å²) in [5.41, 5.74) is 3.36. The van der Waals surface area contributed by atoms with Crippen LogP contribution in [0.1, 0.15) is 22.8 Å². The molecule has 0 aliphatic rings. The summed E-state index contributed by atoms with van der Waals surface area (Å²) in [6.45, 7) is 3.66. The number of H-pyrrole nitrogens is 1. The number of hydrogen-bond acceptors (Lipinski definition) is 6. The van der Waals surface area contributed by atoms with E-state index in [2.05, 4.69) is 20.3 Å². The summed E-state index contributed by atoms with van der Waals surface area (Å²) in [6, 6.07) is 9.45. The van der Waals surface area contributed by atoms with Crippen LogP contribution in [0.25, 0.3) is 11.4 Å². The van der Waals surface area contributed by atoms with Gasteiger partial charge >= 0.3 is 5.97 Å². The average molecular weight is 312 g/mol. The van der Waals surface area contributed by atoms with E-state index < -0.39 is 0 Å². The van der Waals surface area contributed by atoms with Gasteiger partial charge in [0.2, 0.25) is 5.82 Å². The number of esters is 1. The molecule has 23 heavy (non-hydrogen) atoms. The first-order chi connectivity index (χ1) is 11.1. The lowest BCUT2D eigenvalue weighted by atomic mass is 10.1. The van der Waals surface area contributed by atoms with Crippen LogP contribution < -0.4 is 0 Å². The van der Waals surface area contributed by atoms with Crippen LogP contribution >= 0.6 is 0 Å². The van der Waals surface area contributed by atoms with E-state index in [1.54, 1.807) is 0 Å². The van der Waals surface area contributed by atoms with Gasteiger partial charge in [0.1, 0.15) is 0 Å². The van der Waals surface area contributed by atoms with Gasteiger partial charge in [0.05, 0.1) is 12.1 Å². The first kappa shape index (κ1) is 15.0. The topological polar surface area (TPSA) is 93.9 Å². The maximum Gasteiger partial charge on any atom is 0.310 e. The number of aromatic nitrogens is 4. The summed E-state index contributed by atoms with van der Waals surface area (Å²) in [5, 5.41) is 10.8. The standard InChI is InChI=1S/C16H16N4O3/c1-10-13(11(2)19-18-10)8-15(21)22-9-14-17-16(20-23-14)12-6-4-3-5-7-12/h3-7H,8-9H2,1-2H3,(H,18,19). The van der Waals surface area contributed by atoms with Crippen molar-refractivity contribution in [2.24, 2.45) is 0 Å². The quantitative estimate of drug-likeness (QED) is 0.727. The monoisotopic (exact) mass is 312 g/mol. The Morgan fingerprint density at radius 1 is 1.26 bits per heavy atom. The molecule has 0 amide bonds. The molecule has 0 fully saturated rings. The van der Waals surface area contributed by atoms with Gasteiger partial charge in [-0.2, -0.15) is 10.1 Å². The van der Waals surface area contributed by atoms with Crippen molar-refractivity contribution < 1.29 is 14.1 Å². The van der Waals surface area contributed by atoms with Gasteiger partial charge in [0.25, 0.3) is 5.89 Å². The molecule has 0 spiro atoms. The van der Waals surface area contributed by atoms with Crippen LogP contribution in [0.5, 0.6) is 0 Å². The van der Waals surface area contributed by atoms with Crippen molar-refractivity contribution >= 4 is 5.97 Å². The first-order valence-electron chi connectivity index (χ1n) is 7.17. The van der Waals surface area contributed by atoms with Gasteiger partial charge in [-0.25, -0.2) is 0 Å². The summed E-state index contributed by atoms with van der Waals surface area (Å²) in [6.07, 6.45) is 0.161. The number of carbonyl (C=O) groups excluding carboxylic acids is 1. The molecule has 0 saturated heterocycles. The molecule has 0 bridgehead atoms. The van der Waals surface area contributed by atoms with Crippen LogP contribution in [0.3, 0.4) is 0 Å². The maximum absolute atomic E-state index is 11.9. The van der Waals surface area contributed by atoms with Crippen LogP contribution in [0.15, 0.2) is 34.9 Å². The van der Waals surface area contributed by atoms with Crippen molar-refractivity contribution in [1.29, 1.82) is 0 Å². The number of aryl methyl sites for hydroxylation is 2. The van der Waals surface area contributed by atoms with E-state index in [-0.39, 0.29) is 24.9 Å². The molecule has 2 heterocycles. The lowest BCUT2D eigenvalue weighted by molar-refractivity contribution is -0.144. The molecule has 0 saturated carbocycles. The third-order valence-electron chi connectivity index (χ3n) is 3.46. The van der Waals surface area contributed by atoms with Gasteiger partial charge in [-0.1, -0.05) is 35.5 Å². The highest BCUT2D eigenvalue weighted by Crippen LogP contribution is 2.15. The van der Waals surface area contributed by atoms with Gasteiger partial charge < -0.3 is 9.26 Å². The fourth-order valence-electron chi connectivity index (χ4n) is 2.19. The predicted molar refractivity (Wildman–Crippen MR) is 81.3 cm³/mol. The molecule has 3 aromatic rings. The van der Waals surface area contributed by atoms with Crippen LogP contribution in [0.2, 0.25) is 0 Å². The molecule has 1 aromatic carbocycles. The Morgan fingerprint density at radius 3 is 2.74 bits per heavy atom. The second kappa shape index (κ2) is 6.43. The highest BCUT2D eigenvalue weighted by atomic mass is 16.6. The average Bonchev–Trinajstić information content (AvgIpc) is 3.16. The van der Waals surface area contributed by atoms with Crippen LogP contribution in [-0.2, 0) is 22.6 Å². The van der Waals surface area contributed by atoms with Gasteiger partial charge in [0.15, 0.2) is 6.61 Å². The fourth-order valence-corrected chi connectivity index (χ4v) is 2.19. The van der Waals surface area contributed by atoms with E-state index in [4.69, 9.17) is 9.26 Å². The SMILES string of the molecule is Cc1n[nH]c(C)c1CC(=O)OCc1nc(-c2ccccc2)no1. The Balaban J connectivity index is 1.59. The third-order valence-corrected chi connectivity index (χ3v) is 3.46. The van der Waals surface area contributed by atoms with Crippen LogP contribution in [0, 0.1) is 13.8 Å². The summed E-state index contributed by atoms with van der Waals surface area (Å²) in [5.74, 6) is 0.369. The van der Waals surface area contributed by atoms with Crippen molar-refractivity contribution in [3.8, 4) is 11.4 Å². The van der Waals surface area contributed by atoms with Crippen LogP contribution in [0.4, 0.5) is 0 Å². The summed E-state index contributed by atoms with van der Waals surface area (Å²) in [4.78, 5) is 16.1. The Hall–Kier alpha value is -2.96. The Kier molecular flexibility index (Phi) is 4.18. The summed E-state index contributed by atoms with van der Waals surface area (Å²) in [7, 11) is 0. The highest BCUT2D eigenvalue weighted by Gasteiger charge is 2.14. The molecule has 0 aliphatic heterocycles. The van der Waals surface area contributed by atoms with Gasteiger partial charge in [-0.05, 0) is 13.8 Å². The normalized spacial score (nSPS) is 10.7. The number of benzene rings is 1. The second-order valence-electron chi connectivity index (χ2n) is 5.13. The van der Waals surface area contributed by atoms with Crippen molar-refractivity contribution in [1.82, 2.24) is 20.3 Å². The molecular formula is C16H16N4O3. The molecule has 0 unspecified atom stereocenters. The van der Waals surface area contributed by atoms with E-state index in [9.17, 15) is 4.79 Å². The Morgan fingerprint density at radius 2 is 2.04 bits per heavy atom. The second-order valence-corrected chi connectivity index (χ2v) is 5.13. The molecule has 0 aliphatic carbocycles. The minimum absolute atomic E-state index is 0.0470. The van der Waals surface area contributed by atoms with Gasteiger partial charge in [-0.15, -0.1) is 0 Å². The molecule has 0 radical (unpaired) electrons. The number of rotatable bonds is 5. The molecule has 7 heteroatoms. The summed E-state index contributed by atoms with van der Waals surface area (Å²) >= 11 is 0. The van der Waals surface area contributed by atoms with Crippen molar-refractivity contribution in [2.45, 2.75) is 26.9 Å². The van der Waals surface area contributed by atoms with Gasteiger partial charge in [-0.3, -0.25) is 9.89 Å². The number of nitrogens with one attached hydrogen (secondary N) is 1. The summed E-state index contributed by atoms with van der Waals surface area (Å²) < 4.78 is 10.3. The number of hydrogen-bond donors (Lipinski definition) is 1. The van der Waals surface area contributed by atoms with E-state index in [0.717, 1.165) is 22.5 Å². The molecule has 3 rings (SSSR count). The molecule has 7 nitrogen and oxygen atoms in total. The zero-order chi connectivity index (χ0) is 16.2. The zero-order valence-corrected chi connectivity index (χ0v) is 12.9. The van der Waals surface area contributed by atoms with Crippen molar-refractivity contribution in [3.63, 3.8) is 0 Å². The Labute approximate surface area is 132 Å². The fraction of sp³-hybridized carbons (Fsp3) is 0.250. The minimum Gasteiger partial charge on any atom is -0.455 e. The van der Waals surface area contributed by atoms with Crippen molar-refractivity contribution in [2.75, 3.05) is 0 Å². The maximum atomic E-state index is 11.9. The minimum atomic E-state index is -0.364.